The third kappa shape index (κ3) is 4.42. The van der Waals surface area contributed by atoms with Crippen LogP contribution >= 0.6 is 0 Å². The zero-order chi connectivity index (χ0) is 18.4. The fourth-order valence-electron chi connectivity index (χ4n) is 2.99. The maximum absolute atomic E-state index is 12.5. The molecule has 0 heterocycles. The monoisotopic (exact) mass is 347 g/mol. The highest BCUT2D eigenvalue weighted by Crippen LogP contribution is 2.22. The lowest BCUT2D eigenvalue weighted by Crippen LogP contribution is -2.39. The number of nitrogens with one attached hydrogen (secondary N) is 1. The van der Waals surface area contributed by atoms with E-state index in [0.29, 0.717) is 13.0 Å². The van der Waals surface area contributed by atoms with Gasteiger partial charge in [0.15, 0.2) is 6.10 Å². The molecule has 0 fully saturated rings. The highest BCUT2D eigenvalue weighted by atomic mass is 16.5. The van der Waals surface area contributed by atoms with Crippen molar-refractivity contribution in [1.82, 2.24) is 5.32 Å². The molecule has 3 rings (SSSR count). The van der Waals surface area contributed by atoms with Gasteiger partial charge in [-0.2, -0.15) is 0 Å². The van der Waals surface area contributed by atoms with Crippen LogP contribution in [0.2, 0.25) is 0 Å². The van der Waals surface area contributed by atoms with E-state index in [-0.39, 0.29) is 11.8 Å². The summed E-state index contributed by atoms with van der Waals surface area (Å²) in [4.78, 5) is 12.5. The molecule has 0 spiro atoms. The molecule has 1 amide bonds. The molecular weight excluding hydrogens is 322 g/mol. The van der Waals surface area contributed by atoms with Crippen LogP contribution in [0.1, 0.15) is 31.7 Å². The van der Waals surface area contributed by atoms with Crippen molar-refractivity contribution in [3.05, 3.63) is 78.4 Å². The Kier molecular flexibility index (Phi) is 5.90. The number of fused-ring (bicyclic) bond motifs is 1. The SMILES string of the molecule is CC[C@H](Oc1ccc2ccccc2c1)C(=O)NC[C@@H](C)c1ccccc1. The Labute approximate surface area is 155 Å². The maximum atomic E-state index is 12.5. The summed E-state index contributed by atoms with van der Waals surface area (Å²) in [6, 6.07) is 24.3. The van der Waals surface area contributed by atoms with Crippen LogP contribution in [-0.2, 0) is 4.79 Å². The van der Waals surface area contributed by atoms with Crippen molar-refractivity contribution < 1.29 is 9.53 Å². The standard InChI is InChI=1S/C23H25NO2/c1-3-22(23(25)24-16-17(2)18-9-5-4-6-10-18)26-21-14-13-19-11-7-8-12-20(19)15-21/h4-15,17,22H,3,16H2,1-2H3,(H,24,25)/t17-,22+/m1/s1. The van der Waals surface area contributed by atoms with Gasteiger partial charge in [-0.05, 0) is 40.8 Å². The summed E-state index contributed by atoms with van der Waals surface area (Å²) in [6.45, 7) is 4.67. The molecule has 1 N–H and O–H groups in total. The van der Waals surface area contributed by atoms with Crippen LogP contribution in [0.25, 0.3) is 10.8 Å². The molecular formula is C23H25NO2. The summed E-state index contributed by atoms with van der Waals surface area (Å²) < 4.78 is 5.96. The Morgan fingerprint density at radius 2 is 1.65 bits per heavy atom. The molecule has 0 aliphatic heterocycles. The summed E-state index contributed by atoms with van der Waals surface area (Å²) in [5.74, 6) is 0.920. The third-order valence-corrected chi connectivity index (χ3v) is 4.61. The number of hydrogen-bond donors (Lipinski definition) is 1. The first-order valence-corrected chi connectivity index (χ1v) is 9.15. The number of rotatable bonds is 7. The van der Waals surface area contributed by atoms with E-state index in [9.17, 15) is 4.79 Å². The van der Waals surface area contributed by atoms with Crippen molar-refractivity contribution in [3.63, 3.8) is 0 Å². The first-order valence-electron chi connectivity index (χ1n) is 9.15. The lowest BCUT2D eigenvalue weighted by atomic mass is 10.0. The van der Waals surface area contributed by atoms with Crippen LogP contribution in [0.3, 0.4) is 0 Å². The first-order chi connectivity index (χ1) is 12.7. The van der Waals surface area contributed by atoms with E-state index >= 15 is 0 Å². The van der Waals surface area contributed by atoms with E-state index < -0.39 is 6.10 Å². The molecule has 134 valence electrons. The van der Waals surface area contributed by atoms with Crippen molar-refractivity contribution in [3.8, 4) is 5.75 Å². The molecule has 3 aromatic rings. The van der Waals surface area contributed by atoms with E-state index in [1.807, 2.05) is 61.5 Å². The van der Waals surface area contributed by atoms with Gasteiger partial charge >= 0.3 is 0 Å². The molecule has 3 aromatic carbocycles. The van der Waals surface area contributed by atoms with Crippen LogP contribution in [0.15, 0.2) is 72.8 Å². The average molecular weight is 347 g/mol. The summed E-state index contributed by atoms with van der Waals surface area (Å²) in [7, 11) is 0. The van der Waals surface area contributed by atoms with Crippen molar-refractivity contribution in [1.29, 1.82) is 0 Å². The highest BCUT2D eigenvalue weighted by Gasteiger charge is 2.19. The van der Waals surface area contributed by atoms with Crippen molar-refractivity contribution in [2.24, 2.45) is 0 Å². The molecule has 0 aromatic heterocycles. The molecule has 0 radical (unpaired) electrons. The van der Waals surface area contributed by atoms with Crippen LogP contribution in [0, 0.1) is 0 Å². The van der Waals surface area contributed by atoms with E-state index in [4.69, 9.17) is 4.74 Å². The minimum atomic E-state index is -0.487. The minimum Gasteiger partial charge on any atom is -0.481 e. The molecule has 0 aliphatic carbocycles. The molecule has 0 saturated heterocycles. The fourth-order valence-corrected chi connectivity index (χ4v) is 2.99. The quantitative estimate of drug-likeness (QED) is 0.659. The second-order valence-electron chi connectivity index (χ2n) is 6.58. The second kappa shape index (κ2) is 8.52. The summed E-state index contributed by atoms with van der Waals surface area (Å²) >= 11 is 0. The van der Waals surface area contributed by atoms with Crippen molar-refractivity contribution >= 4 is 16.7 Å². The number of amides is 1. The van der Waals surface area contributed by atoms with Gasteiger partial charge in [0.05, 0.1) is 0 Å². The van der Waals surface area contributed by atoms with E-state index in [1.165, 1.54) is 5.56 Å². The summed E-state index contributed by atoms with van der Waals surface area (Å²) in [5.41, 5.74) is 1.22. The second-order valence-corrected chi connectivity index (χ2v) is 6.58. The van der Waals surface area contributed by atoms with Gasteiger partial charge in [-0.25, -0.2) is 0 Å². The molecule has 26 heavy (non-hydrogen) atoms. The van der Waals surface area contributed by atoms with Gasteiger partial charge in [-0.3, -0.25) is 4.79 Å². The van der Waals surface area contributed by atoms with Crippen LogP contribution in [-0.4, -0.2) is 18.6 Å². The third-order valence-electron chi connectivity index (χ3n) is 4.61. The largest absolute Gasteiger partial charge is 0.481 e. The summed E-state index contributed by atoms with van der Waals surface area (Å²) in [5, 5.41) is 5.30. The molecule has 0 bridgehead atoms. The number of benzene rings is 3. The lowest BCUT2D eigenvalue weighted by molar-refractivity contribution is -0.128. The predicted molar refractivity (Wildman–Crippen MR) is 107 cm³/mol. The Morgan fingerprint density at radius 3 is 2.38 bits per heavy atom. The van der Waals surface area contributed by atoms with Crippen LogP contribution < -0.4 is 10.1 Å². The van der Waals surface area contributed by atoms with E-state index in [0.717, 1.165) is 16.5 Å². The molecule has 0 aliphatic rings. The van der Waals surface area contributed by atoms with Gasteiger partial charge in [0.1, 0.15) is 5.75 Å². The van der Waals surface area contributed by atoms with Crippen molar-refractivity contribution in [2.75, 3.05) is 6.54 Å². The number of carbonyl (C=O) groups excluding carboxylic acids is 1. The molecule has 3 heteroatoms. The Morgan fingerprint density at radius 1 is 0.962 bits per heavy atom. The Bertz CT molecular complexity index is 860. The van der Waals surface area contributed by atoms with Crippen LogP contribution in [0.4, 0.5) is 0 Å². The van der Waals surface area contributed by atoms with E-state index in [1.54, 1.807) is 0 Å². The molecule has 0 unspecified atom stereocenters. The number of carbonyl (C=O) groups is 1. The maximum Gasteiger partial charge on any atom is 0.261 e. The van der Waals surface area contributed by atoms with Gasteiger partial charge in [0, 0.05) is 6.54 Å². The van der Waals surface area contributed by atoms with E-state index in [2.05, 4.69) is 30.4 Å². The number of ether oxygens (including phenoxy) is 1. The van der Waals surface area contributed by atoms with Crippen molar-refractivity contribution in [2.45, 2.75) is 32.3 Å². The predicted octanol–water partition coefficient (Wildman–Crippen LogP) is 4.92. The van der Waals surface area contributed by atoms with Crippen LogP contribution in [0.5, 0.6) is 5.75 Å². The van der Waals surface area contributed by atoms with Gasteiger partial charge in [-0.15, -0.1) is 0 Å². The Hall–Kier alpha value is -2.81. The first kappa shape index (κ1) is 18.0. The normalized spacial score (nSPS) is 13.2. The summed E-state index contributed by atoms with van der Waals surface area (Å²) in [6.07, 6.45) is 0.136. The minimum absolute atomic E-state index is 0.0663. The lowest BCUT2D eigenvalue weighted by Gasteiger charge is -2.19. The number of hydrogen-bond acceptors (Lipinski definition) is 2. The van der Waals surface area contributed by atoms with Gasteiger partial charge in [0.25, 0.3) is 5.91 Å². The smallest absolute Gasteiger partial charge is 0.261 e. The fraction of sp³-hybridized carbons (Fsp3) is 0.261. The topological polar surface area (TPSA) is 38.3 Å². The molecule has 3 nitrogen and oxygen atoms in total. The zero-order valence-corrected chi connectivity index (χ0v) is 15.3. The van der Waals surface area contributed by atoms with Gasteiger partial charge in [-0.1, -0.05) is 74.5 Å². The average Bonchev–Trinajstić information content (AvgIpc) is 2.70. The molecule has 2 atom stereocenters. The highest BCUT2D eigenvalue weighted by molar-refractivity contribution is 5.84. The van der Waals surface area contributed by atoms with Gasteiger partial charge < -0.3 is 10.1 Å². The Balaban J connectivity index is 1.61. The zero-order valence-electron chi connectivity index (χ0n) is 15.3. The molecule has 0 saturated carbocycles. The van der Waals surface area contributed by atoms with Gasteiger partial charge in [0.2, 0.25) is 0 Å².